The number of likely N-dealkylation sites (tertiary alicyclic amines) is 1. The summed E-state index contributed by atoms with van der Waals surface area (Å²) < 4.78 is 121. The number of carboxylic acids is 3. The second-order valence-corrected chi connectivity index (χ2v) is 9.31. The van der Waals surface area contributed by atoms with Crippen LogP contribution in [0.25, 0.3) is 0 Å². The van der Waals surface area contributed by atoms with Crippen LogP contribution in [0.15, 0.2) is 42.9 Å². The van der Waals surface area contributed by atoms with Gasteiger partial charge in [-0.2, -0.15) is 39.5 Å². The first-order chi connectivity index (χ1) is 21.1. The molecule has 4 rings (SSSR count). The molecule has 0 amide bonds. The predicted molar refractivity (Wildman–Crippen MR) is 132 cm³/mol. The lowest BCUT2D eigenvalue weighted by molar-refractivity contribution is -0.193. The number of pyridine rings is 2. The van der Waals surface area contributed by atoms with E-state index in [0.717, 1.165) is 38.9 Å². The first-order valence-corrected chi connectivity index (χ1v) is 12.5. The molecular formula is C25H25F10N3O8. The Morgan fingerprint density at radius 1 is 0.891 bits per heavy atom. The lowest BCUT2D eigenvalue weighted by atomic mass is 9.89. The number of ether oxygens (including phenoxy) is 2. The first-order valence-electron chi connectivity index (χ1n) is 12.5. The van der Waals surface area contributed by atoms with E-state index in [1.807, 2.05) is 24.5 Å². The van der Waals surface area contributed by atoms with Crippen molar-refractivity contribution in [1.29, 1.82) is 0 Å². The Labute approximate surface area is 252 Å². The highest BCUT2D eigenvalue weighted by atomic mass is 19.4. The van der Waals surface area contributed by atoms with Gasteiger partial charge in [-0.15, -0.1) is 0 Å². The Kier molecular flexibility index (Phi) is 14.6. The molecule has 2 aliphatic heterocycles. The molecule has 0 bridgehead atoms. The second-order valence-electron chi connectivity index (χ2n) is 9.31. The SMILES string of the molecule is Fc1cccnc1O[C@H]1CO[C@@]2(CCCN(Cc3ccncc3)C2)C1.O=C(O)C(F)(F)F.O=C(O)C(F)(F)F.O=C(O)C(F)(F)F. The monoisotopic (exact) mass is 685 g/mol. The molecule has 2 saturated heterocycles. The molecule has 46 heavy (non-hydrogen) atoms. The minimum Gasteiger partial charge on any atom is -0.475 e. The van der Waals surface area contributed by atoms with E-state index in [0.29, 0.717) is 6.61 Å². The van der Waals surface area contributed by atoms with Gasteiger partial charge in [0.25, 0.3) is 5.88 Å². The molecule has 2 aliphatic rings. The highest BCUT2D eigenvalue weighted by Gasteiger charge is 2.45. The van der Waals surface area contributed by atoms with Gasteiger partial charge in [0.05, 0.1) is 12.2 Å². The number of carboxylic acid groups (broad SMARTS) is 3. The number of aromatic nitrogens is 2. The van der Waals surface area contributed by atoms with Gasteiger partial charge in [0.2, 0.25) is 0 Å². The Balaban J connectivity index is 0.000000413. The number of alkyl halides is 9. The van der Waals surface area contributed by atoms with Gasteiger partial charge >= 0.3 is 36.4 Å². The molecule has 4 heterocycles. The van der Waals surface area contributed by atoms with Gasteiger partial charge in [0.15, 0.2) is 5.82 Å². The lowest BCUT2D eigenvalue weighted by Crippen LogP contribution is -2.47. The Morgan fingerprint density at radius 3 is 1.85 bits per heavy atom. The number of halogens is 10. The number of piperidine rings is 1. The zero-order valence-electron chi connectivity index (χ0n) is 23.1. The van der Waals surface area contributed by atoms with Crippen molar-refractivity contribution in [2.24, 2.45) is 0 Å². The highest BCUT2D eigenvalue weighted by molar-refractivity contribution is 5.73. The maximum Gasteiger partial charge on any atom is 0.490 e. The van der Waals surface area contributed by atoms with Crippen LogP contribution in [0.2, 0.25) is 0 Å². The van der Waals surface area contributed by atoms with Gasteiger partial charge in [-0.1, -0.05) is 0 Å². The summed E-state index contributed by atoms with van der Waals surface area (Å²) >= 11 is 0. The van der Waals surface area contributed by atoms with E-state index in [-0.39, 0.29) is 17.6 Å². The van der Waals surface area contributed by atoms with Gasteiger partial charge in [-0.25, -0.2) is 23.8 Å². The van der Waals surface area contributed by atoms with E-state index in [1.54, 1.807) is 12.3 Å². The quantitative estimate of drug-likeness (QED) is 0.383. The molecule has 258 valence electrons. The molecule has 1 spiro atoms. The van der Waals surface area contributed by atoms with Gasteiger partial charge in [0, 0.05) is 38.1 Å². The van der Waals surface area contributed by atoms with Gasteiger partial charge < -0.3 is 24.8 Å². The fourth-order valence-electron chi connectivity index (χ4n) is 3.85. The molecule has 3 N–H and O–H groups in total. The third kappa shape index (κ3) is 14.7. The van der Waals surface area contributed by atoms with E-state index in [2.05, 4.69) is 14.9 Å². The average Bonchev–Trinajstić information content (AvgIpc) is 3.31. The van der Waals surface area contributed by atoms with Crippen molar-refractivity contribution < 1.29 is 83.1 Å². The topological polar surface area (TPSA) is 159 Å². The molecule has 2 aromatic heterocycles. The maximum atomic E-state index is 13.7. The Hall–Kier alpha value is -4.27. The number of rotatable bonds is 4. The summed E-state index contributed by atoms with van der Waals surface area (Å²) in [4.78, 5) is 37.2. The normalized spacial score (nSPS) is 19.7. The van der Waals surface area contributed by atoms with Crippen LogP contribution in [0.5, 0.6) is 5.88 Å². The minimum absolute atomic E-state index is 0.0672. The fraction of sp³-hybridized carbons (Fsp3) is 0.480. The number of carbonyl (C=O) groups is 3. The average molecular weight is 685 g/mol. The van der Waals surface area contributed by atoms with Crippen LogP contribution >= 0.6 is 0 Å². The van der Waals surface area contributed by atoms with Crippen molar-refractivity contribution in [3.05, 3.63) is 54.2 Å². The van der Waals surface area contributed by atoms with Crippen molar-refractivity contribution in [2.75, 3.05) is 19.7 Å². The third-order valence-electron chi connectivity index (χ3n) is 5.68. The predicted octanol–water partition coefficient (Wildman–Crippen LogP) is 4.72. The molecule has 0 radical (unpaired) electrons. The van der Waals surface area contributed by atoms with Gasteiger partial charge in [0.1, 0.15) is 6.10 Å². The van der Waals surface area contributed by atoms with Crippen molar-refractivity contribution >= 4 is 17.9 Å². The number of nitrogens with zero attached hydrogens (tertiary/aromatic N) is 3. The highest BCUT2D eigenvalue weighted by Crippen LogP contribution is 2.36. The molecular weight excluding hydrogens is 660 g/mol. The third-order valence-corrected chi connectivity index (χ3v) is 5.68. The molecule has 2 fully saturated rings. The largest absolute Gasteiger partial charge is 0.490 e. The van der Waals surface area contributed by atoms with E-state index >= 15 is 0 Å². The number of hydrogen-bond acceptors (Lipinski definition) is 8. The van der Waals surface area contributed by atoms with Gasteiger partial charge in [-0.05, 0) is 49.2 Å². The fourth-order valence-corrected chi connectivity index (χ4v) is 3.85. The summed E-state index contributed by atoms with van der Waals surface area (Å²) in [5.74, 6) is -8.63. The summed E-state index contributed by atoms with van der Waals surface area (Å²) in [5.41, 5.74) is 1.06. The molecule has 21 heteroatoms. The van der Waals surface area contributed by atoms with Crippen LogP contribution in [-0.4, -0.2) is 98.0 Å². The van der Waals surface area contributed by atoms with Crippen molar-refractivity contribution in [2.45, 2.75) is 56.0 Å². The maximum absolute atomic E-state index is 13.7. The van der Waals surface area contributed by atoms with E-state index in [1.165, 1.54) is 11.6 Å². The minimum atomic E-state index is -5.08. The van der Waals surface area contributed by atoms with Crippen LogP contribution < -0.4 is 4.74 Å². The van der Waals surface area contributed by atoms with E-state index < -0.39 is 42.3 Å². The van der Waals surface area contributed by atoms with Crippen LogP contribution in [0.1, 0.15) is 24.8 Å². The molecule has 2 aromatic rings. The van der Waals surface area contributed by atoms with Crippen molar-refractivity contribution in [3.8, 4) is 5.88 Å². The number of hydrogen-bond donors (Lipinski definition) is 3. The zero-order chi connectivity index (χ0) is 35.3. The van der Waals surface area contributed by atoms with Crippen molar-refractivity contribution in [1.82, 2.24) is 14.9 Å². The molecule has 0 unspecified atom stereocenters. The zero-order valence-corrected chi connectivity index (χ0v) is 23.1. The first kappa shape index (κ1) is 39.8. The molecule has 2 atom stereocenters. The smallest absolute Gasteiger partial charge is 0.475 e. The van der Waals surface area contributed by atoms with Crippen LogP contribution in [0.4, 0.5) is 43.9 Å². The Morgan fingerprint density at radius 2 is 1.39 bits per heavy atom. The van der Waals surface area contributed by atoms with E-state index in [4.69, 9.17) is 39.2 Å². The summed E-state index contributed by atoms with van der Waals surface area (Å²) in [6, 6.07) is 7.02. The Bertz CT molecular complexity index is 1220. The summed E-state index contributed by atoms with van der Waals surface area (Å²) in [5, 5.41) is 21.4. The van der Waals surface area contributed by atoms with Crippen LogP contribution in [-0.2, 0) is 25.7 Å². The van der Waals surface area contributed by atoms with Crippen LogP contribution in [0.3, 0.4) is 0 Å². The molecule has 0 aromatic carbocycles. The van der Waals surface area contributed by atoms with Crippen LogP contribution in [0, 0.1) is 5.82 Å². The number of aliphatic carboxylic acids is 3. The molecule has 11 nitrogen and oxygen atoms in total. The summed E-state index contributed by atoms with van der Waals surface area (Å²) in [6.45, 7) is 3.32. The standard InChI is InChI=1S/C19H22FN3O2.3C2HF3O2/c20-17-3-1-7-22-18(17)25-16-11-19(24-13-16)6-2-10-23(14-19)12-15-4-8-21-9-5-15;3*3-2(4,5)1(6)7/h1,3-5,7-9,16H,2,6,10-14H2;3*(H,6,7)/t16-,19+;;;/m1.../s1. The summed E-state index contributed by atoms with van der Waals surface area (Å²) in [7, 11) is 0. The molecule has 0 saturated carbocycles. The summed E-state index contributed by atoms with van der Waals surface area (Å²) in [6.07, 6.45) is -7.32. The van der Waals surface area contributed by atoms with Crippen molar-refractivity contribution in [3.63, 3.8) is 0 Å². The second kappa shape index (κ2) is 16.9. The van der Waals surface area contributed by atoms with E-state index in [9.17, 15) is 43.9 Å². The lowest BCUT2D eigenvalue weighted by Gasteiger charge is -2.39. The molecule has 0 aliphatic carbocycles. The van der Waals surface area contributed by atoms with Gasteiger partial charge in [-0.3, -0.25) is 9.88 Å².